The van der Waals surface area contributed by atoms with Crippen LogP contribution in [0, 0.1) is 11.3 Å². The lowest BCUT2D eigenvalue weighted by molar-refractivity contribution is -0.129. The fourth-order valence-electron chi connectivity index (χ4n) is 5.12. The van der Waals surface area contributed by atoms with Crippen molar-refractivity contribution >= 4 is 41.1 Å². The molecule has 2 saturated heterocycles. The Morgan fingerprint density at radius 3 is 2.43 bits per heavy atom. The summed E-state index contributed by atoms with van der Waals surface area (Å²) in [7, 11) is 0. The summed E-state index contributed by atoms with van der Waals surface area (Å²) in [6, 6.07) is 7.91. The SMILES string of the molecule is CC1(C)C(=O)N(c2ccc(SC(F)(F)F)cc2)C(=O)N1Cc1ccnc(NC(=O)C2CC3(CNC3)C2)c1. The molecule has 0 unspecified atom stereocenters. The molecule has 2 aliphatic heterocycles. The van der Waals surface area contributed by atoms with Gasteiger partial charge in [0.1, 0.15) is 11.4 Å². The van der Waals surface area contributed by atoms with Crippen molar-refractivity contribution in [2.24, 2.45) is 11.3 Å². The van der Waals surface area contributed by atoms with Gasteiger partial charge in [0.15, 0.2) is 0 Å². The Kier molecular flexibility index (Phi) is 6.22. The summed E-state index contributed by atoms with van der Waals surface area (Å²) in [4.78, 5) is 45.6. The third-order valence-electron chi connectivity index (χ3n) is 7.30. The third-order valence-corrected chi connectivity index (χ3v) is 8.04. The number of nitrogens with zero attached hydrogens (tertiary/aromatic N) is 3. The van der Waals surface area contributed by atoms with Gasteiger partial charge in [0, 0.05) is 36.6 Å². The Morgan fingerprint density at radius 2 is 1.84 bits per heavy atom. The van der Waals surface area contributed by atoms with Crippen LogP contribution in [0.15, 0.2) is 47.5 Å². The van der Waals surface area contributed by atoms with E-state index in [1.165, 1.54) is 35.4 Å². The minimum atomic E-state index is -4.43. The van der Waals surface area contributed by atoms with E-state index in [4.69, 9.17) is 0 Å². The summed E-state index contributed by atoms with van der Waals surface area (Å²) in [5.74, 6) is -0.228. The summed E-state index contributed by atoms with van der Waals surface area (Å²) in [6.07, 6.45) is 3.25. The van der Waals surface area contributed by atoms with Crippen molar-refractivity contribution in [2.75, 3.05) is 23.3 Å². The zero-order chi connectivity index (χ0) is 26.6. The van der Waals surface area contributed by atoms with Gasteiger partial charge in [-0.15, -0.1) is 0 Å². The molecule has 1 saturated carbocycles. The number of hydrogen-bond donors (Lipinski definition) is 2. The van der Waals surface area contributed by atoms with Gasteiger partial charge in [-0.05, 0) is 85.8 Å². The van der Waals surface area contributed by atoms with E-state index in [-0.39, 0.29) is 46.1 Å². The number of carbonyl (C=O) groups excluding carboxylic acids is 3. The molecule has 2 aromatic rings. The first-order valence-electron chi connectivity index (χ1n) is 11.9. The van der Waals surface area contributed by atoms with Crippen molar-refractivity contribution in [3.8, 4) is 0 Å². The van der Waals surface area contributed by atoms with Crippen LogP contribution in [-0.2, 0) is 16.1 Å². The topological polar surface area (TPSA) is 94.6 Å². The quantitative estimate of drug-likeness (QED) is 0.423. The van der Waals surface area contributed by atoms with Gasteiger partial charge in [-0.1, -0.05) is 0 Å². The van der Waals surface area contributed by atoms with Gasteiger partial charge in [-0.2, -0.15) is 13.2 Å². The van der Waals surface area contributed by atoms with E-state index in [1.807, 2.05) is 0 Å². The van der Waals surface area contributed by atoms with Crippen molar-refractivity contribution < 1.29 is 27.6 Å². The lowest BCUT2D eigenvalue weighted by atomic mass is 9.58. The number of halogens is 3. The summed E-state index contributed by atoms with van der Waals surface area (Å²) in [6.45, 7) is 5.23. The van der Waals surface area contributed by atoms with Gasteiger partial charge in [0.25, 0.3) is 5.91 Å². The molecular formula is C25H26F3N5O3S. The van der Waals surface area contributed by atoms with Gasteiger partial charge in [0.2, 0.25) is 5.91 Å². The number of aromatic nitrogens is 1. The van der Waals surface area contributed by atoms with Crippen LogP contribution >= 0.6 is 11.8 Å². The molecule has 196 valence electrons. The minimum absolute atomic E-state index is 0.0424. The number of imide groups is 1. The first kappa shape index (κ1) is 25.5. The smallest absolute Gasteiger partial charge is 0.316 e. The molecular weight excluding hydrogens is 507 g/mol. The highest BCUT2D eigenvalue weighted by molar-refractivity contribution is 8.00. The van der Waals surface area contributed by atoms with Gasteiger partial charge in [0.05, 0.1) is 5.69 Å². The molecule has 1 spiro atoms. The summed E-state index contributed by atoms with van der Waals surface area (Å²) in [5, 5.41) is 6.11. The highest BCUT2D eigenvalue weighted by Gasteiger charge is 2.52. The highest BCUT2D eigenvalue weighted by atomic mass is 32.2. The van der Waals surface area contributed by atoms with Crippen LogP contribution in [0.1, 0.15) is 32.3 Å². The third kappa shape index (κ3) is 4.91. The number of nitrogens with one attached hydrogen (secondary N) is 2. The normalized spacial score (nSPS) is 20.7. The molecule has 12 heteroatoms. The van der Waals surface area contributed by atoms with Crippen LogP contribution in [0.5, 0.6) is 0 Å². The maximum atomic E-state index is 13.3. The van der Waals surface area contributed by atoms with Crippen molar-refractivity contribution in [3.63, 3.8) is 0 Å². The number of amides is 4. The van der Waals surface area contributed by atoms with E-state index in [2.05, 4.69) is 15.6 Å². The van der Waals surface area contributed by atoms with E-state index in [0.717, 1.165) is 30.8 Å². The number of rotatable bonds is 6. The van der Waals surface area contributed by atoms with E-state index >= 15 is 0 Å². The molecule has 0 radical (unpaired) electrons. The van der Waals surface area contributed by atoms with Crippen molar-refractivity contribution in [3.05, 3.63) is 48.2 Å². The van der Waals surface area contributed by atoms with E-state index in [1.54, 1.807) is 26.0 Å². The second-order valence-corrected chi connectivity index (χ2v) is 11.5. The fourth-order valence-corrected chi connectivity index (χ4v) is 5.66. The summed E-state index contributed by atoms with van der Waals surface area (Å²) in [5.41, 5.74) is -4.49. The molecule has 3 aliphatic rings. The highest BCUT2D eigenvalue weighted by Crippen LogP contribution is 2.48. The van der Waals surface area contributed by atoms with Crippen LogP contribution in [0.4, 0.5) is 29.5 Å². The number of benzene rings is 1. The predicted octanol–water partition coefficient (Wildman–Crippen LogP) is 4.38. The Hall–Kier alpha value is -3.12. The van der Waals surface area contributed by atoms with Crippen LogP contribution in [-0.4, -0.2) is 51.9 Å². The van der Waals surface area contributed by atoms with Gasteiger partial charge in [-0.25, -0.2) is 14.7 Å². The van der Waals surface area contributed by atoms with E-state index < -0.39 is 23.0 Å². The zero-order valence-electron chi connectivity index (χ0n) is 20.3. The van der Waals surface area contributed by atoms with Gasteiger partial charge >= 0.3 is 11.5 Å². The van der Waals surface area contributed by atoms with Crippen LogP contribution in [0.25, 0.3) is 0 Å². The first-order chi connectivity index (χ1) is 17.4. The molecule has 1 aromatic carbocycles. The number of urea groups is 1. The molecule has 1 aliphatic carbocycles. The maximum absolute atomic E-state index is 13.3. The van der Waals surface area contributed by atoms with E-state index in [0.29, 0.717) is 11.4 Å². The summed E-state index contributed by atoms with van der Waals surface area (Å²) < 4.78 is 37.9. The number of hydrogen-bond acceptors (Lipinski definition) is 6. The number of alkyl halides is 3. The average molecular weight is 534 g/mol. The Bertz CT molecular complexity index is 1240. The largest absolute Gasteiger partial charge is 0.446 e. The standard InChI is InChI=1S/C25H26F3N5O3S/c1-23(2)21(35)33(17-3-5-18(6-4-17)37-25(26,27)28)22(36)32(23)12-15-7-8-30-19(9-15)31-20(34)16-10-24(11-16)13-29-14-24/h3-9,16,29H,10-14H2,1-2H3,(H,30,31,34). The zero-order valence-corrected chi connectivity index (χ0v) is 21.1. The molecule has 3 heterocycles. The first-order valence-corrected chi connectivity index (χ1v) is 12.7. The Balaban J connectivity index is 1.27. The molecule has 2 N–H and O–H groups in total. The van der Waals surface area contributed by atoms with Crippen LogP contribution in [0.3, 0.4) is 0 Å². The van der Waals surface area contributed by atoms with Crippen LogP contribution in [0.2, 0.25) is 0 Å². The molecule has 0 bridgehead atoms. The molecule has 37 heavy (non-hydrogen) atoms. The average Bonchev–Trinajstić information content (AvgIpc) is 2.91. The molecule has 1 aromatic heterocycles. The lowest BCUT2D eigenvalue weighted by Crippen LogP contribution is -2.61. The Labute approximate surface area is 216 Å². The Morgan fingerprint density at radius 1 is 1.16 bits per heavy atom. The van der Waals surface area contributed by atoms with Gasteiger partial charge in [-0.3, -0.25) is 9.59 Å². The summed E-state index contributed by atoms with van der Waals surface area (Å²) >= 11 is -0.266. The second kappa shape index (κ2) is 9.02. The van der Waals surface area contributed by atoms with Crippen molar-refractivity contribution in [1.82, 2.24) is 15.2 Å². The molecule has 0 atom stereocenters. The second-order valence-electron chi connectivity index (χ2n) is 10.4. The predicted molar refractivity (Wildman–Crippen MR) is 132 cm³/mol. The van der Waals surface area contributed by atoms with Crippen molar-refractivity contribution in [2.45, 2.75) is 49.2 Å². The molecule has 5 rings (SSSR count). The lowest BCUT2D eigenvalue weighted by Gasteiger charge is -2.53. The van der Waals surface area contributed by atoms with Gasteiger partial charge < -0.3 is 15.5 Å². The minimum Gasteiger partial charge on any atom is -0.316 e. The van der Waals surface area contributed by atoms with E-state index in [9.17, 15) is 27.6 Å². The fraction of sp³-hybridized carbons (Fsp3) is 0.440. The molecule has 3 fully saturated rings. The number of carbonyl (C=O) groups is 3. The number of thioether (sulfide) groups is 1. The molecule has 4 amide bonds. The van der Waals surface area contributed by atoms with Crippen LogP contribution < -0.4 is 15.5 Å². The number of anilines is 2. The van der Waals surface area contributed by atoms with Crippen molar-refractivity contribution in [1.29, 1.82) is 0 Å². The molecule has 8 nitrogen and oxygen atoms in total. The monoisotopic (exact) mass is 533 g/mol. The number of pyridine rings is 1. The maximum Gasteiger partial charge on any atom is 0.446 e.